The first kappa shape index (κ1) is 19.9. The molecule has 5 nitrogen and oxygen atoms in total. The monoisotopic (exact) mass is 371 g/mol. The van der Waals surface area contributed by atoms with Gasteiger partial charge in [-0.25, -0.2) is 0 Å². The van der Waals surface area contributed by atoms with Crippen LogP contribution in [0.4, 0.5) is 0 Å². The summed E-state index contributed by atoms with van der Waals surface area (Å²) in [5.74, 6) is 0.195. The summed E-state index contributed by atoms with van der Waals surface area (Å²) in [5.41, 5.74) is 1.11. The fourth-order valence-corrected chi connectivity index (χ4v) is 4.34. The summed E-state index contributed by atoms with van der Waals surface area (Å²) in [7, 11) is 0. The SMILES string of the molecule is O=C1CCN(C2CCCC2)CCCC(C(=O)NCc2ccccc2)CCN1. The molecule has 2 N–H and O–H groups in total. The Bertz CT molecular complexity index is 599. The van der Waals surface area contributed by atoms with Crippen LogP contribution in [0.3, 0.4) is 0 Å². The second kappa shape index (κ2) is 10.5. The average molecular weight is 372 g/mol. The summed E-state index contributed by atoms with van der Waals surface area (Å²) >= 11 is 0. The van der Waals surface area contributed by atoms with Crippen molar-refractivity contribution in [1.82, 2.24) is 15.5 Å². The van der Waals surface area contributed by atoms with Crippen molar-refractivity contribution < 1.29 is 9.59 Å². The van der Waals surface area contributed by atoms with Gasteiger partial charge in [0, 0.05) is 38.0 Å². The minimum Gasteiger partial charge on any atom is -0.356 e. The standard InChI is InChI=1S/C22H33N3O2/c26-21-13-16-25(20-10-4-5-11-20)15-6-9-19(12-14-23-21)22(27)24-17-18-7-2-1-3-8-18/h1-3,7-8,19-20H,4-6,9-17H2,(H,23,26)(H,24,27). The lowest BCUT2D eigenvalue weighted by atomic mass is 9.97. The van der Waals surface area contributed by atoms with Crippen molar-refractivity contribution in [2.45, 2.75) is 64.0 Å². The molecule has 2 fully saturated rings. The van der Waals surface area contributed by atoms with Crippen molar-refractivity contribution in [3.8, 4) is 0 Å². The molecule has 148 valence electrons. The third-order valence-corrected chi connectivity index (χ3v) is 5.96. The van der Waals surface area contributed by atoms with E-state index in [2.05, 4.69) is 15.5 Å². The van der Waals surface area contributed by atoms with Crippen molar-refractivity contribution in [2.24, 2.45) is 5.92 Å². The highest BCUT2D eigenvalue weighted by atomic mass is 16.2. The zero-order valence-electron chi connectivity index (χ0n) is 16.3. The molecular weight excluding hydrogens is 338 g/mol. The van der Waals surface area contributed by atoms with Crippen LogP contribution in [0.5, 0.6) is 0 Å². The van der Waals surface area contributed by atoms with Gasteiger partial charge in [-0.15, -0.1) is 0 Å². The summed E-state index contributed by atoms with van der Waals surface area (Å²) < 4.78 is 0. The van der Waals surface area contributed by atoms with Crippen molar-refractivity contribution in [1.29, 1.82) is 0 Å². The van der Waals surface area contributed by atoms with E-state index in [0.717, 1.165) is 37.9 Å². The minimum atomic E-state index is -0.0301. The summed E-state index contributed by atoms with van der Waals surface area (Å²) in [6.07, 6.45) is 8.31. The minimum absolute atomic E-state index is 0.0301. The largest absolute Gasteiger partial charge is 0.356 e. The van der Waals surface area contributed by atoms with Gasteiger partial charge in [-0.1, -0.05) is 43.2 Å². The third kappa shape index (κ3) is 6.35. The first-order valence-electron chi connectivity index (χ1n) is 10.5. The molecule has 1 unspecified atom stereocenters. The maximum Gasteiger partial charge on any atom is 0.223 e. The maximum absolute atomic E-state index is 12.7. The van der Waals surface area contributed by atoms with E-state index in [9.17, 15) is 9.59 Å². The number of hydrogen-bond donors (Lipinski definition) is 2. The van der Waals surface area contributed by atoms with Gasteiger partial charge < -0.3 is 10.6 Å². The van der Waals surface area contributed by atoms with Crippen LogP contribution in [-0.4, -0.2) is 42.4 Å². The Morgan fingerprint density at radius 3 is 2.59 bits per heavy atom. The van der Waals surface area contributed by atoms with E-state index >= 15 is 0 Å². The fourth-order valence-electron chi connectivity index (χ4n) is 4.34. The summed E-state index contributed by atoms with van der Waals surface area (Å²) in [5, 5.41) is 6.09. The first-order valence-corrected chi connectivity index (χ1v) is 10.5. The first-order chi connectivity index (χ1) is 13.2. The predicted octanol–water partition coefficient (Wildman–Crippen LogP) is 2.85. The summed E-state index contributed by atoms with van der Waals surface area (Å²) in [4.78, 5) is 27.3. The zero-order valence-corrected chi connectivity index (χ0v) is 16.3. The highest BCUT2D eigenvalue weighted by Gasteiger charge is 2.25. The van der Waals surface area contributed by atoms with Crippen molar-refractivity contribution >= 4 is 11.8 Å². The Kier molecular flexibility index (Phi) is 7.69. The van der Waals surface area contributed by atoms with E-state index in [1.165, 1.54) is 25.7 Å². The van der Waals surface area contributed by atoms with Crippen molar-refractivity contribution in [2.75, 3.05) is 19.6 Å². The second-order valence-corrected chi connectivity index (χ2v) is 7.91. The van der Waals surface area contributed by atoms with Crippen LogP contribution in [0.25, 0.3) is 0 Å². The van der Waals surface area contributed by atoms with E-state index in [1.54, 1.807) is 0 Å². The average Bonchev–Trinajstić information content (AvgIpc) is 3.21. The quantitative estimate of drug-likeness (QED) is 0.856. The van der Waals surface area contributed by atoms with Crippen LogP contribution >= 0.6 is 0 Å². The number of amides is 2. The molecule has 1 saturated heterocycles. The van der Waals surface area contributed by atoms with Crippen molar-refractivity contribution in [3.05, 3.63) is 35.9 Å². The van der Waals surface area contributed by atoms with Gasteiger partial charge in [0.15, 0.2) is 0 Å². The molecule has 2 aliphatic rings. The predicted molar refractivity (Wildman–Crippen MR) is 107 cm³/mol. The molecular formula is C22H33N3O2. The van der Waals surface area contributed by atoms with Crippen LogP contribution in [0.2, 0.25) is 0 Å². The van der Waals surface area contributed by atoms with E-state index in [0.29, 0.717) is 25.6 Å². The number of benzene rings is 1. The van der Waals surface area contributed by atoms with Gasteiger partial charge in [0.2, 0.25) is 11.8 Å². The lowest BCUT2D eigenvalue weighted by Gasteiger charge is -2.28. The van der Waals surface area contributed by atoms with E-state index < -0.39 is 0 Å². The Hall–Kier alpha value is -1.88. The van der Waals surface area contributed by atoms with Crippen LogP contribution in [0, 0.1) is 5.92 Å². The molecule has 3 rings (SSSR count). The molecule has 1 heterocycles. The number of rotatable bonds is 4. The lowest BCUT2D eigenvalue weighted by molar-refractivity contribution is -0.126. The van der Waals surface area contributed by atoms with Gasteiger partial charge in [-0.2, -0.15) is 0 Å². The number of nitrogens with one attached hydrogen (secondary N) is 2. The van der Waals surface area contributed by atoms with Gasteiger partial charge in [0.05, 0.1) is 0 Å². The zero-order chi connectivity index (χ0) is 18.9. The van der Waals surface area contributed by atoms with Gasteiger partial charge >= 0.3 is 0 Å². The number of carbonyl (C=O) groups excluding carboxylic acids is 2. The molecule has 1 aliphatic carbocycles. The second-order valence-electron chi connectivity index (χ2n) is 7.91. The van der Waals surface area contributed by atoms with E-state index in [4.69, 9.17) is 0 Å². The molecule has 2 amide bonds. The maximum atomic E-state index is 12.7. The Balaban J connectivity index is 1.54. The number of hydrogen-bond acceptors (Lipinski definition) is 3. The summed E-state index contributed by atoms with van der Waals surface area (Å²) in [6.45, 7) is 3.00. The van der Waals surface area contributed by atoms with Crippen LogP contribution in [-0.2, 0) is 16.1 Å². The van der Waals surface area contributed by atoms with E-state index in [-0.39, 0.29) is 17.7 Å². The molecule has 1 atom stereocenters. The van der Waals surface area contributed by atoms with Gasteiger partial charge in [-0.3, -0.25) is 14.5 Å². The Morgan fingerprint density at radius 1 is 1.04 bits per heavy atom. The molecule has 0 radical (unpaired) electrons. The third-order valence-electron chi connectivity index (χ3n) is 5.96. The normalized spacial score (nSPS) is 23.4. The molecule has 0 bridgehead atoms. The van der Waals surface area contributed by atoms with Crippen LogP contribution in [0.15, 0.2) is 30.3 Å². The van der Waals surface area contributed by atoms with Gasteiger partial charge in [-0.05, 0) is 44.2 Å². The molecule has 1 aromatic rings. The lowest BCUT2D eigenvalue weighted by Crippen LogP contribution is -2.37. The Labute approximate surface area is 162 Å². The molecule has 27 heavy (non-hydrogen) atoms. The highest BCUT2D eigenvalue weighted by molar-refractivity contribution is 5.79. The molecule has 0 aromatic heterocycles. The van der Waals surface area contributed by atoms with Crippen molar-refractivity contribution in [3.63, 3.8) is 0 Å². The molecule has 1 aromatic carbocycles. The highest BCUT2D eigenvalue weighted by Crippen LogP contribution is 2.25. The summed E-state index contributed by atoms with van der Waals surface area (Å²) in [6, 6.07) is 10.6. The topological polar surface area (TPSA) is 61.4 Å². The van der Waals surface area contributed by atoms with Gasteiger partial charge in [0.1, 0.15) is 0 Å². The fraction of sp³-hybridized carbons (Fsp3) is 0.636. The molecule has 1 saturated carbocycles. The van der Waals surface area contributed by atoms with Crippen LogP contribution < -0.4 is 10.6 Å². The number of nitrogens with zero attached hydrogens (tertiary/aromatic N) is 1. The smallest absolute Gasteiger partial charge is 0.223 e. The van der Waals surface area contributed by atoms with Gasteiger partial charge in [0.25, 0.3) is 0 Å². The number of carbonyl (C=O) groups is 2. The molecule has 1 aliphatic heterocycles. The van der Waals surface area contributed by atoms with Crippen LogP contribution in [0.1, 0.15) is 56.9 Å². The Morgan fingerprint density at radius 2 is 1.81 bits per heavy atom. The molecule has 0 spiro atoms. The molecule has 5 heteroatoms. The van der Waals surface area contributed by atoms with E-state index in [1.807, 2.05) is 30.3 Å².